The number of aromatic nitrogens is 1. The lowest BCUT2D eigenvalue weighted by atomic mass is 9.94. The van der Waals surface area contributed by atoms with Gasteiger partial charge in [-0.25, -0.2) is 0 Å². The molecule has 0 aliphatic carbocycles. The number of hydrogen-bond acceptors (Lipinski definition) is 3. The molecule has 0 saturated heterocycles. The Morgan fingerprint density at radius 3 is 2.41 bits per heavy atom. The molecule has 6 rings (SSSR count). The third-order valence-corrected chi connectivity index (χ3v) is 5.32. The molecule has 2 aromatic heterocycles. The van der Waals surface area contributed by atoms with Crippen LogP contribution >= 0.6 is 0 Å². The highest BCUT2D eigenvalue weighted by atomic mass is 16.3. The normalized spacial score (nSPS) is 11.7. The van der Waals surface area contributed by atoms with E-state index in [9.17, 15) is 5.26 Å². The summed E-state index contributed by atoms with van der Waals surface area (Å²) < 4.78 is 6.09. The molecule has 0 atom stereocenters. The molecule has 0 unspecified atom stereocenters. The van der Waals surface area contributed by atoms with Crippen molar-refractivity contribution in [3.8, 4) is 6.07 Å². The van der Waals surface area contributed by atoms with Gasteiger partial charge in [-0.15, -0.1) is 0 Å². The molecular weight excluding hydrogens is 332 g/mol. The van der Waals surface area contributed by atoms with Gasteiger partial charge in [-0.1, -0.05) is 30.3 Å². The van der Waals surface area contributed by atoms with Gasteiger partial charge in [0, 0.05) is 33.1 Å². The highest BCUT2D eigenvalue weighted by Gasteiger charge is 2.16. The van der Waals surface area contributed by atoms with Crippen molar-refractivity contribution in [1.82, 2.24) is 4.98 Å². The fourth-order valence-corrected chi connectivity index (χ4v) is 4.19. The van der Waals surface area contributed by atoms with E-state index in [1.54, 1.807) is 0 Å². The summed E-state index contributed by atoms with van der Waals surface area (Å²) in [4.78, 5) is 4.68. The lowest BCUT2D eigenvalue weighted by Crippen LogP contribution is -1.86. The lowest BCUT2D eigenvalue weighted by molar-refractivity contribution is 0.669. The van der Waals surface area contributed by atoms with Crippen molar-refractivity contribution in [2.45, 2.75) is 0 Å². The quantitative estimate of drug-likeness (QED) is 0.303. The fraction of sp³-hybridized carbons (Fsp3) is 0. The number of nitriles is 1. The molecule has 0 bridgehead atoms. The maximum absolute atomic E-state index is 9.20. The van der Waals surface area contributed by atoms with Crippen LogP contribution in [0.15, 0.2) is 77.3 Å². The van der Waals surface area contributed by atoms with E-state index < -0.39 is 0 Å². The zero-order chi connectivity index (χ0) is 18.0. The Morgan fingerprint density at radius 2 is 1.52 bits per heavy atom. The van der Waals surface area contributed by atoms with Crippen LogP contribution in [0.5, 0.6) is 0 Å². The van der Waals surface area contributed by atoms with Gasteiger partial charge in [-0.3, -0.25) is 4.98 Å². The van der Waals surface area contributed by atoms with Crippen molar-refractivity contribution < 1.29 is 4.42 Å². The van der Waals surface area contributed by atoms with E-state index in [2.05, 4.69) is 47.5 Å². The number of fused-ring (bicyclic) bond motifs is 10. The number of hydrogen-bond donors (Lipinski definition) is 0. The summed E-state index contributed by atoms with van der Waals surface area (Å²) in [7, 11) is 0. The van der Waals surface area contributed by atoms with Crippen LogP contribution in [-0.4, -0.2) is 4.98 Å². The molecule has 0 fully saturated rings. The first-order valence-electron chi connectivity index (χ1n) is 8.80. The lowest BCUT2D eigenvalue weighted by Gasteiger charge is -2.10. The van der Waals surface area contributed by atoms with Crippen LogP contribution in [0.3, 0.4) is 0 Å². The van der Waals surface area contributed by atoms with Crippen LogP contribution in [0.1, 0.15) is 5.56 Å². The van der Waals surface area contributed by atoms with Gasteiger partial charge >= 0.3 is 0 Å². The predicted octanol–water partition coefficient (Wildman–Crippen LogP) is 6.31. The maximum atomic E-state index is 9.20. The molecular formula is C24H12N2O. The first-order valence-corrected chi connectivity index (χ1v) is 8.80. The van der Waals surface area contributed by atoms with Gasteiger partial charge in [0.2, 0.25) is 0 Å². The van der Waals surface area contributed by atoms with Gasteiger partial charge in [0.25, 0.3) is 0 Å². The molecule has 124 valence electrons. The average Bonchev–Trinajstić information content (AvgIpc) is 3.11. The van der Waals surface area contributed by atoms with E-state index in [0.29, 0.717) is 5.56 Å². The van der Waals surface area contributed by atoms with Gasteiger partial charge in [0.05, 0.1) is 17.1 Å². The minimum absolute atomic E-state index is 0.600. The second-order valence-corrected chi connectivity index (χ2v) is 6.73. The zero-order valence-electron chi connectivity index (χ0n) is 14.2. The van der Waals surface area contributed by atoms with Gasteiger partial charge in [0.15, 0.2) is 0 Å². The molecule has 0 saturated carbocycles. The third-order valence-electron chi connectivity index (χ3n) is 5.32. The molecule has 27 heavy (non-hydrogen) atoms. The van der Waals surface area contributed by atoms with E-state index in [-0.39, 0.29) is 0 Å². The molecule has 0 aliphatic rings. The molecule has 3 heteroatoms. The van der Waals surface area contributed by atoms with Gasteiger partial charge in [-0.2, -0.15) is 5.26 Å². The van der Waals surface area contributed by atoms with Crippen LogP contribution in [0.2, 0.25) is 0 Å². The summed E-state index contributed by atoms with van der Waals surface area (Å²) in [5.41, 5.74) is 3.16. The summed E-state index contributed by atoms with van der Waals surface area (Å²) in [5, 5.41) is 17.1. The largest absolute Gasteiger partial charge is 0.456 e. The van der Waals surface area contributed by atoms with Gasteiger partial charge in [0.1, 0.15) is 11.2 Å². The minimum Gasteiger partial charge on any atom is -0.456 e. The van der Waals surface area contributed by atoms with Crippen molar-refractivity contribution in [2.75, 3.05) is 0 Å². The van der Waals surface area contributed by atoms with Crippen LogP contribution in [0.4, 0.5) is 0 Å². The van der Waals surface area contributed by atoms with Crippen LogP contribution in [0, 0.1) is 11.3 Å². The van der Waals surface area contributed by atoms with E-state index in [1.165, 1.54) is 10.8 Å². The number of rotatable bonds is 0. The Morgan fingerprint density at radius 1 is 0.704 bits per heavy atom. The molecule has 4 aromatic carbocycles. The second-order valence-electron chi connectivity index (χ2n) is 6.73. The number of furan rings is 1. The standard InChI is InChI=1S/C24H12N2O/c25-13-14-7-8-18-21(12-14)27-20-10-9-19-22(23(18)20)16-5-2-1-4-15(16)17-6-3-11-26-24(17)19/h1-12H. The van der Waals surface area contributed by atoms with Crippen molar-refractivity contribution in [2.24, 2.45) is 0 Å². The number of benzene rings is 4. The second kappa shape index (κ2) is 5.06. The molecule has 2 heterocycles. The Hall–Kier alpha value is -3.90. The Labute approximate surface area is 154 Å². The van der Waals surface area contributed by atoms with E-state index in [4.69, 9.17) is 4.42 Å². The smallest absolute Gasteiger partial charge is 0.136 e. The minimum atomic E-state index is 0.600. The van der Waals surface area contributed by atoms with Gasteiger partial charge in [-0.05, 0) is 47.2 Å². The first kappa shape index (κ1) is 14.3. The topological polar surface area (TPSA) is 49.8 Å². The molecule has 0 spiro atoms. The molecule has 0 N–H and O–H groups in total. The molecule has 6 aromatic rings. The molecule has 0 radical (unpaired) electrons. The highest BCUT2D eigenvalue weighted by Crippen LogP contribution is 2.41. The summed E-state index contributed by atoms with van der Waals surface area (Å²) in [5.74, 6) is 0. The summed E-state index contributed by atoms with van der Waals surface area (Å²) in [6.07, 6.45) is 1.84. The predicted molar refractivity (Wildman–Crippen MR) is 109 cm³/mol. The zero-order valence-corrected chi connectivity index (χ0v) is 14.2. The van der Waals surface area contributed by atoms with Crippen LogP contribution in [0.25, 0.3) is 54.4 Å². The van der Waals surface area contributed by atoms with E-state index in [1.807, 2.05) is 36.5 Å². The third kappa shape index (κ3) is 1.82. The van der Waals surface area contributed by atoms with Crippen molar-refractivity contribution >= 4 is 54.4 Å². The Bertz CT molecular complexity index is 1550. The Kier molecular flexibility index (Phi) is 2.68. The fourth-order valence-electron chi connectivity index (χ4n) is 4.19. The van der Waals surface area contributed by atoms with Crippen molar-refractivity contribution in [3.05, 3.63) is 78.5 Å². The SMILES string of the molecule is N#Cc1ccc2c(c1)oc1ccc3c4ncccc4c4ccccc4c3c12. The van der Waals surface area contributed by atoms with Crippen LogP contribution < -0.4 is 0 Å². The molecule has 0 amide bonds. The van der Waals surface area contributed by atoms with E-state index in [0.717, 1.165) is 43.6 Å². The highest BCUT2D eigenvalue weighted by molar-refractivity contribution is 6.33. The summed E-state index contributed by atoms with van der Waals surface area (Å²) in [6.45, 7) is 0. The van der Waals surface area contributed by atoms with Crippen LogP contribution in [-0.2, 0) is 0 Å². The van der Waals surface area contributed by atoms with E-state index >= 15 is 0 Å². The maximum Gasteiger partial charge on any atom is 0.136 e. The Balaban J connectivity index is 1.98. The number of nitrogens with zero attached hydrogens (tertiary/aromatic N) is 2. The van der Waals surface area contributed by atoms with Crippen molar-refractivity contribution in [1.29, 1.82) is 5.26 Å². The van der Waals surface area contributed by atoms with Gasteiger partial charge < -0.3 is 4.42 Å². The monoisotopic (exact) mass is 344 g/mol. The summed E-state index contributed by atoms with van der Waals surface area (Å²) in [6, 6.07) is 24.5. The summed E-state index contributed by atoms with van der Waals surface area (Å²) >= 11 is 0. The van der Waals surface area contributed by atoms with Crippen molar-refractivity contribution in [3.63, 3.8) is 0 Å². The molecule has 0 aliphatic heterocycles. The molecule has 3 nitrogen and oxygen atoms in total. The number of pyridine rings is 1. The first-order chi connectivity index (χ1) is 13.3. The average molecular weight is 344 g/mol.